The van der Waals surface area contributed by atoms with E-state index in [0.717, 1.165) is 0 Å². The predicted octanol–water partition coefficient (Wildman–Crippen LogP) is 0.555. The maximum absolute atomic E-state index is 11.5. The highest BCUT2D eigenvalue weighted by Gasteiger charge is 2.22. The average molecular weight is 312 g/mol. The van der Waals surface area contributed by atoms with Crippen LogP contribution in [0, 0.1) is 0 Å². The van der Waals surface area contributed by atoms with Gasteiger partial charge in [-0.05, 0) is 27.2 Å². The summed E-state index contributed by atoms with van der Waals surface area (Å²) in [5, 5.41) is 22.5. The number of hydrogen-bond acceptors (Lipinski definition) is 7. The lowest BCUT2D eigenvalue weighted by molar-refractivity contribution is 0.0125. The number of aromatic nitrogens is 1. The van der Waals surface area contributed by atoms with Crippen molar-refractivity contribution in [3.05, 3.63) is 18.0 Å². The van der Waals surface area contributed by atoms with Gasteiger partial charge in [-0.2, -0.15) is 0 Å². The molecule has 0 saturated carbocycles. The molecule has 0 aromatic carbocycles. The van der Waals surface area contributed by atoms with Crippen LogP contribution in [-0.2, 0) is 4.74 Å². The molecule has 2 atom stereocenters. The molecule has 1 heterocycles. The zero-order valence-corrected chi connectivity index (χ0v) is 13.0. The van der Waals surface area contributed by atoms with Crippen LogP contribution < -0.4 is 16.8 Å². The molecule has 0 radical (unpaired) electrons. The van der Waals surface area contributed by atoms with Gasteiger partial charge in [-0.25, -0.2) is 4.79 Å². The number of nitrogens with zero attached hydrogens (tertiary/aromatic N) is 1. The van der Waals surface area contributed by atoms with Crippen molar-refractivity contribution >= 4 is 17.5 Å². The summed E-state index contributed by atoms with van der Waals surface area (Å²) < 4.78 is 5.06. The van der Waals surface area contributed by atoms with Crippen molar-refractivity contribution in [3.8, 4) is 0 Å². The lowest BCUT2D eigenvalue weighted by Gasteiger charge is -2.22. The number of aliphatic hydroxyl groups excluding tert-OH is 2. The quantitative estimate of drug-likeness (QED) is 0.534. The molecule has 1 rings (SSSR count). The summed E-state index contributed by atoms with van der Waals surface area (Å²) in [4.78, 5) is 15.3. The summed E-state index contributed by atoms with van der Waals surface area (Å²) in [6, 6.07) is 0. The highest BCUT2D eigenvalue weighted by atomic mass is 16.6. The fraction of sp³-hybridized carbons (Fsp3) is 0.571. The molecule has 7 N–H and O–H groups in total. The lowest BCUT2D eigenvalue weighted by Crippen LogP contribution is -2.34. The van der Waals surface area contributed by atoms with E-state index in [1.54, 1.807) is 20.8 Å². The SMILES string of the molecule is CC(C)(C)OC(=O)NCCC(O)C(O)c1cncc(N)c1N. The molecular formula is C14H24N4O4. The fourth-order valence-corrected chi connectivity index (χ4v) is 1.74. The van der Waals surface area contributed by atoms with Gasteiger partial charge in [-0.15, -0.1) is 0 Å². The van der Waals surface area contributed by atoms with Crippen LogP contribution in [0.1, 0.15) is 38.9 Å². The summed E-state index contributed by atoms with van der Waals surface area (Å²) in [5.74, 6) is 0. The van der Waals surface area contributed by atoms with Gasteiger partial charge in [0.05, 0.1) is 23.7 Å². The highest BCUT2D eigenvalue weighted by molar-refractivity contribution is 5.67. The van der Waals surface area contributed by atoms with E-state index in [0.29, 0.717) is 0 Å². The zero-order chi connectivity index (χ0) is 16.9. The first-order valence-corrected chi connectivity index (χ1v) is 6.93. The van der Waals surface area contributed by atoms with E-state index in [2.05, 4.69) is 10.3 Å². The first kappa shape index (κ1) is 18.0. The molecule has 8 heteroatoms. The van der Waals surface area contributed by atoms with Crippen molar-refractivity contribution in [2.24, 2.45) is 0 Å². The summed E-state index contributed by atoms with van der Waals surface area (Å²) in [6.07, 6.45) is -0.117. The summed E-state index contributed by atoms with van der Waals surface area (Å²) >= 11 is 0. The normalized spacial score (nSPS) is 14.2. The number of aliphatic hydroxyl groups is 2. The van der Waals surface area contributed by atoms with Crippen LogP contribution in [0.3, 0.4) is 0 Å². The molecule has 0 spiro atoms. The zero-order valence-electron chi connectivity index (χ0n) is 13.0. The Morgan fingerprint density at radius 2 is 2.00 bits per heavy atom. The number of carbonyl (C=O) groups excluding carboxylic acids is 1. The third-order valence-electron chi connectivity index (χ3n) is 2.84. The number of nitrogens with two attached hydrogens (primary N) is 2. The van der Waals surface area contributed by atoms with Crippen molar-refractivity contribution in [1.82, 2.24) is 10.3 Å². The van der Waals surface area contributed by atoms with Gasteiger partial charge in [-0.3, -0.25) is 4.98 Å². The third-order valence-corrected chi connectivity index (χ3v) is 2.84. The third kappa shape index (κ3) is 5.38. The molecule has 22 heavy (non-hydrogen) atoms. The van der Waals surface area contributed by atoms with Crippen LogP contribution in [0.4, 0.5) is 16.2 Å². The highest BCUT2D eigenvalue weighted by Crippen LogP contribution is 2.27. The summed E-state index contributed by atoms with van der Waals surface area (Å²) in [5.41, 5.74) is 11.4. The Bertz CT molecular complexity index is 516. The van der Waals surface area contributed by atoms with E-state index < -0.39 is 23.9 Å². The number of nitrogen functional groups attached to an aromatic ring is 2. The molecule has 8 nitrogen and oxygen atoms in total. The standard InChI is InChI=1S/C14H24N4O4/c1-14(2,3)22-13(21)18-5-4-10(19)12(20)8-6-17-7-9(15)11(8)16/h6-7,10,12,19-20H,4-5,15H2,1-3H3,(H2,16,17)(H,18,21). The number of anilines is 2. The lowest BCUT2D eigenvalue weighted by atomic mass is 10.0. The monoisotopic (exact) mass is 312 g/mol. The van der Waals surface area contributed by atoms with Gasteiger partial charge in [0, 0.05) is 18.3 Å². The smallest absolute Gasteiger partial charge is 0.407 e. The molecule has 1 aromatic rings. The number of ether oxygens (including phenoxy) is 1. The average Bonchev–Trinajstić information content (AvgIpc) is 2.39. The summed E-state index contributed by atoms with van der Waals surface area (Å²) in [6.45, 7) is 5.39. The van der Waals surface area contributed by atoms with Crippen LogP contribution in [0.5, 0.6) is 0 Å². The van der Waals surface area contributed by atoms with Crippen LogP contribution in [0.25, 0.3) is 0 Å². The largest absolute Gasteiger partial charge is 0.444 e. The van der Waals surface area contributed by atoms with Crippen molar-refractivity contribution in [3.63, 3.8) is 0 Å². The topological polar surface area (TPSA) is 144 Å². The van der Waals surface area contributed by atoms with Gasteiger partial charge in [0.1, 0.15) is 11.7 Å². The van der Waals surface area contributed by atoms with Gasteiger partial charge < -0.3 is 31.7 Å². The van der Waals surface area contributed by atoms with Gasteiger partial charge in [0.25, 0.3) is 0 Å². The molecule has 0 fully saturated rings. The second-order valence-corrected chi connectivity index (χ2v) is 5.96. The number of hydrogen-bond donors (Lipinski definition) is 5. The van der Waals surface area contributed by atoms with E-state index in [4.69, 9.17) is 16.2 Å². The van der Waals surface area contributed by atoms with Crippen LogP contribution in [-0.4, -0.2) is 39.5 Å². The maximum Gasteiger partial charge on any atom is 0.407 e. The molecule has 0 bridgehead atoms. The van der Waals surface area contributed by atoms with Crippen LogP contribution in [0.15, 0.2) is 12.4 Å². The molecule has 0 aliphatic carbocycles. The molecule has 0 aliphatic rings. The fourth-order valence-electron chi connectivity index (χ4n) is 1.74. The Labute approximate surface area is 129 Å². The van der Waals surface area contributed by atoms with Gasteiger partial charge in [-0.1, -0.05) is 0 Å². The number of amides is 1. The minimum atomic E-state index is -1.24. The molecule has 2 unspecified atom stereocenters. The van der Waals surface area contributed by atoms with Crippen molar-refractivity contribution in [2.75, 3.05) is 18.0 Å². The van der Waals surface area contributed by atoms with Gasteiger partial charge >= 0.3 is 6.09 Å². The Hall–Kier alpha value is -2.06. The molecule has 0 aliphatic heterocycles. The van der Waals surface area contributed by atoms with E-state index in [1.807, 2.05) is 0 Å². The van der Waals surface area contributed by atoms with Gasteiger partial charge in [0.15, 0.2) is 0 Å². The Morgan fingerprint density at radius 1 is 1.36 bits per heavy atom. The maximum atomic E-state index is 11.5. The predicted molar refractivity (Wildman–Crippen MR) is 82.9 cm³/mol. The minimum Gasteiger partial charge on any atom is -0.444 e. The number of nitrogens with one attached hydrogen (secondary N) is 1. The van der Waals surface area contributed by atoms with Crippen molar-refractivity contribution < 1.29 is 19.7 Å². The number of rotatable bonds is 5. The molecule has 1 aromatic heterocycles. The van der Waals surface area contributed by atoms with E-state index in [1.165, 1.54) is 12.4 Å². The Kier molecular flexibility index (Phi) is 5.95. The first-order valence-electron chi connectivity index (χ1n) is 6.93. The van der Waals surface area contributed by atoms with Crippen LogP contribution >= 0.6 is 0 Å². The summed E-state index contributed by atoms with van der Waals surface area (Å²) in [7, 11) is 0. The van der Waals surface area contributed by atoms with Crippen molar-refractivity contribution in [1.29, 1.82) is 0 Å². The molecule has 1 amide bonds. The second-order valence-electron chi connectivity index (χ2n) is 5.96. The van der Waals surface area contributed by atoms with Gasteiger partial charge in [0.2, 0.25) is 0 Å². The number of pyridine rings is 1. The Balaban J connectivity index is 2.50. The second kappa shape index (κ2) is 7.28. The van der Waals surface area contributed by atoms with Crippen LogP contribution in [0.2, 0.25) is 0 Å². The molecule has 124 valence electrons. The molecule has 0 saturated heterocycles. The van der Waals surface area contributed by atoms with E-state index in [-0.39, 0.29) is 29.9 Å². The van der Waals surface area contributed by atoms with E-state index in [9.17, 15) is 15.0 Å². The molecular weight excluding hydrogens is 288 g/mol. The minimum absolute atomic E-state index is 0.120. The number of alkyl carbamates (subject to hydrolysis) is 1. The Morgan fingerprint density at radius 3 is 2.59 bits per heavy atom. The number of carbonyl (C=O) groups is 1. The van der Waals surface area contributed by atoms with E-state index >= 15 is 0 Å². The first-order chi connectivity index (χ1) is 10.1. The van der Waals surface area contributed by atoms with Crippen molar-refractivity contribution in [2.45, 2.75) is 45.0 Å².